The molecule has 212 valence electrons. The van der Waals surface area contributed by atoms with E-state index in [2.05, 4.69) is 17.8 Å². The lowest BCUT2D eigenvalue weighted by Crippen LogP contribution is -2.43. The van der Waals surface area contributed by atoms with Crippen molar-refractivity contribution in [1.29, 1.82) is 0 Å². The standard InChI is InChI=1S/C28H35NO10/c1-28-11-10-18-17-5-3-16(12-15(17)2-4-19(18)20(28)6-7-23(28)30)37-24(31)8-9-25(32)38-21-13-35-27-22(39-29(33)34)14-36-26(21)27/h3,5,12,18-23,26-27,30H,2,4,6-11,13-14H2,1H3/t18-,19-,20+,21+,22-,23+,26-,27-,28+/m1/s1. The molecule has 11 heteroatoms. The Bertz CT molecular complexity index is 1140. The third-order valence-corrected chi connectivity index (χ3v) is 9.88. The molecule has 0 radical (unpaired) electrons. The zero-order valence-electron chi connectivity index (χ0n) is 22.0. The summed E-state index contributed by atoms with van der Waals surface area (Å²) in [7, 11) is 0. The average Bonchev–Trinajstić information content (AvgIpc) is 3.57. The molecule has 5 aliphatic rings. The number of carbonyl (C=O) groups excluding carboxylic acids is 2. The summed E-state index contributed by atoms with van der Waals surface area (Å²) in [5.74, 6) is 1.00. The number of aliphatic hydroxyl groups is 1. The van der Waals surface area contributed by atoms with Crippen molar-refractivity contribution in [2.75, 3.05) is 13.2 Å². The van der Waals surface area contributed by atoms with E-state index in [1.54, 1.807) is 0 Å². The van der Waals surface area contributed by atoms with Crippen molar-refractivity contribution in [3.8, 4) is 5.75 Å². The minimum atomic E-state index is -0.892. The predicted molar refractivity (Wildman–Crippen MR) is 133 cm³/mol. The van der Waals surface area contributed by atoms with Gasteiger partial charge in [0.2, 0.25) is 0 Å². The van der Waals surface area contributed by atoms with Gasteiger partial charge < -0.3 is 28.9 Å². The molecule has 2 heterocycles. The SMILES string of the molecule is C[C@]12CC[C@@H]3c4ccc(OC(=O)CCC(=O)O[C@H]5CO[C@H]6[C@@H]5OC[C@H]6O[N+](=O)[O-])cc4CC[C@H]3[C@@H]1CC[C@@H]2O. The molecule has 0 unspecified atom stereocenters. The normalized spacial score (nSPS) is 38.2. The number of aliphatic hydroxyl groups excluding tert-OH is 1. The van der Waals surface area contributed by atoms with Crippen LogP contribution >= 0.6 is 0 Å². The summed E-state index contributed by atoms with van der Waals surface area (Å²) in [6.07, 6.45) is 2.75. The van der Waals surface area contributed by atoms with Gasteiger partial charge in [-0.3, -0.25) is 9.59 Å². The molecule has 0 spiro atoms. The lowest BCUT2D eigenvalue weighted by atomic mass is 9.55. The number of rotatable bonds is 7. The van der Waals surface area contributed by atoms with Gasteiger partial charge in [-0.25, -0.2) is 0 Å². The number of nitrogens with zero attached hydrogens (tertiary/aromatic N) is 1. The van der Waals surface area contributed by atoms with Crippen LogP contribution in [0.3, 0.4) is 0 Å². The van der Waals surface area contributed by atoms with E-state index < -0.39 is 41.4 Å². The van der Waals surface area contributed by atoms with Gasteiger partial charge >= 0.3 is 11.9 Å². The second-order valence-corrected chi connectivity index (χ2v) is 11.9. The zero-order chi connectivity index (χ0) is 27.3. The average molecular weight is 546 g/mol. The third kappa shape index (κ3) is 4.89. The van der Waals surface area contributed by atoms with Gasteiger partial charge in [0.25, 0.3) is 5.09 Å². The number of fused-ring (bicyclic) bond motifs is 6. The fourth-order valence-corrected chi connectivity index (χ4v) is 7.94. The summed E-state index contributed by atoms with van der Waals surface area (Å²) >= 11 is 0. The van der Waals surface area contributed by atoms with Crippen LogP contribution in [-0.2, 0) is 35.1 Å². The van der Waals surface area contributed by atoms with Crippen LogP contribution in [0.1, 0.15) is 68.9 Å². The van der Waals surface area contributed by atoms with Crippen molar-refractivity contribution in [2.45, 2.75) is 94.7 Å². The fraction of sp³-hybridized carbons (Fsp3) is 0.714. The molecule has 2 saturated carbocycles. The largest absolute Gasteiger partial charge is 0.457 e. The Labute approximate surface area is 226 Å². The van der Waals surface area contributed by atoms with Crippen LogP contribution in [0.15, 0.2) is 18.2 Å². The van der Waals surface area contributed by atoms with Gasteiger partial charge in [-0.1, -0.05) is 13.0 Å². The van der Waals surface area contributed by atoms with Crippen LogP contribution in [0, 0.1) is 27.4 Å². The molecule has 9 atom stereocenters. The molecule has 2 saturated heterocycles. The van der Waals surface area contributed by atoms with E-state index in [1.807, 2.05) is 12.1 Å². The summed E-state index contributed by atoms with van der Waals surface area (Å²) in [5.41, 5.74) is 2.60. The molecule has 6 rings (SSSR count). The molecule has 1 N–H and O–H groups in total. The Morgan fingerprint density at radius 3 is 2.62 bits per heavy atom. The second kappa shape index (κ2) is 10.3. The first-order chi connectivity index (χ1) is 18.7. The Morgan fingerprint density at radius 2 is 1.82 bits per heavy atom. The molecule has 11 nitrogen and oxygen atoms in total. The van der Waals surface area contributed by atoms with Crippen LogP contribution in [0.25, 0.3) is 0 Å². The molecule has 0 amide bonds. The van der Waals surface area contributed by atoms with Gasteiger partial charge in [0.15, 0.2) is 12.2 Å². The number of hydrogen-bond donors (Lipinski definition) is 1. The highest BCUT2D eigenvalue weighted by Crippen LogP contribution is 2.60. The lowest BCUT2D eigenvalue weighted by molar-refractivity contribution is -0.769. The van der Waals surface area contributed by atoms with Crippen LogP contribution in [0.4, 0.5) is 0 Å². The highest BCUT2D eigenvalue weighted by Gasteiger charge is 2.54. The van der Waals surface area contributed by atoms with Crippen molar-refractivity contribution < 1.29 is 43.6 Å². The Morgan fingerprint density at radius 1 is 1.08 bits per heavy atom. The summed E-state index contributed by atoms with van der Waals surface area (Å²) in [5, 5.41) is 20.3. The van der Waals surface area contributed by atoms with Crippen molar-refractivity contribution in [3.63, 3.8) is 0 Å². The lowest BCUT2D eigenvalue weighted by Gasteiger charge is -2.50. The first-order valence-corrected chi connectivity index (χ1v) is 14.0. The number of benzene rings is 1. The van der Waals surface area contributed by atoms with E-state index in [4.69, 9.17) is 18.9 Å². The maximum absolute atomic E-state index is 12.5. The molecule has 4 fully saturated rings. The Hall–Kier alpha value is -2.76. The van der Waals surface area contributed by atoms with Crippen LogP contribution in [-0.4, -0.2) is 65.9 Å². The summed E-state index contributed by atoms with van der Waals surface area (Å²) in [6.45, 7) is 2.28. The molecule has 39 heavy (non-hydrogen) atoms. The summed E-state index contributed by atoms with van der Waals surface area (Å²) in [4.78, 5) is 40.0. The van der Waals surface area contributed by atoms with Crippen molar-refractivity contribution >= 4 is 11.9 Å². The molecule has 1 aromatic carbocycles. The second-order valence-electron chi connectivity index (χ2n) is 11.9. The van der Waals surface area contributed by atoms with E-state index in [-0.39, 0.29) is 37.6 Å². The summed E-state index contributed by atoms with van der Waals surface area (Å²) in [6, 6.07) is 5.88. The smallest absolute Gasteiger partial charge is 0.311 e. The number of esters is 2. The topological polar surface area (TPSA) is 144 Å². The van der Waals surface area contributed by atoms with Crippen LogP contribution < -0.4 is 4.74 Å². The Balaban J connectivity index is 0.993. The van der Waals surface area contributed by atoms with Crippen molar-refractivity contribution in [2.24, 2.45) is 17.3 Å². The molecule has 0 aromatic heterocycles. The van der Waals surface area contributed by atoms with E-state index in [1.165, 1.54) is 11.1 Å². The molecule has 2 aliphatic heterocycles. The monoisotopic (exact) mass is 545 g/mol. The molecule has 1 aromatic rings. The first kappa shape index (κ1) is 26.5. The highest BCUT2D eigenvalue weighted by atomic mass is 17.0. The van der Waals surface area contributed by atoms with E-state index in [0.29, 0.717) is 23.5 Å². The number of ether oxygens (including phenoxy) is 4. The van der Waals surface area contributed by atoms with E-state index in [0.717, 1.165) is 38.5 Å². The summed E-state index contributed by atoms with van der Waals surface area (Å²) < 4.78 is 21.9. The van der Waals surface area contributed by atoms with Gasteiger partial charge in [0, 0.05) is 0 Å². The van der Waals surface area contributed by atoms with Crippen molar-refractivity contribution in [1.82, 2.24) is 0 Å². The maximum Gasteiger partial charge on any atom is 0.311 e. The van der Waals surface area contributed by atoms with Gasteiger partial charge in [0.05, 0.1) is 32.2 Å². The van der Waals surface area contributed by atoms with Crippen LogP contribution in [0.2, 0.25) is 0 Å². The van der Waals surface area contributed by atoms with Crippen LogP contribution in [0.5, 0.6) is 5.75 Å². The number of carbonyl (C=O) groups is 2. The predicted octanol–water partition coefficient (Wildman–Crippen LogP) is 2.88. The molecule has 3 aliphatic carbocycles. The molecular weight excluding hydrogens is 510 g/mol. The Kier molecular flexibility index (Phi) is 7.01. The van der Waals surface area contributed by atoms with Crippen molar-refractivity contribution in [3.05, 3.63) is 39.4 Å². The van der Waals surface area contributed by atoms with Gasteiger partial charge in [-0.05, 0) is 85.0 Å². The zero-order valence-corrected chi connectivity index (χ0v) is 22.0. The molecular formula is C28H35NO10. The van der Waals surface area contributed by atoms with E-state index >= 15 is 0 Å². The minimum absolute atomic E-state index is 0.0258. The first-order valence-electron chi connectivity index (χ1n) is 14.0. The fourth-order valence-electron chi connectivity index (χ4n) is 7.94. The van der Waals surface area contributed by atoms with Gasteiger partial charge in [-0.15, -0.1) is 10.1 Å². The quantitative estimate of drug-likeness (QED) is 0.235. The number of aryl methyl sites for hydroxylation is 1. The third-order valence-electron chi connectivity index (χ3n) is 9.88. The minimum Gasteiger partial charge on any atom is -0.457 e. The van der Waals surface area contributed by atoms with Gasteiger partial charge in [0.1, 0.15) is 18.0 Å². The van der Waals surface area contributed by atoms with Gasteiger partial charge in [-0.2, -0.15) is 0 Å². The maximum atomic E-state index is 12.5. The molecule has 0 bridgehead atoms. The van der Waals surface area contributed by atoms with E-state index in [9.17, 15) is 24.8 Å². The highest BCUT2D eigenvalue weighted by molar-refractivity contribution is 5.79. The number of hydrogen-bond acceptors (Lipinski definition) is 10.